The average molecular weight is 349 g/mol. The maximum absolute atomic E-state index is 4.66. The van der Waals surface area contributed by atoms with Crippen LogP contribution in [0.25, 0.3) is 0 Å². The fraction of sp³-hybridized carbons (Fsp3) is 0.476. The molecule has 5 heteroatoms. The van der Waals surface area contributed by atoms with Gasteiger partial charge >= 0.3 is 0 Å². The highest BCUT2D eigenvalue weighted by Crippen LogP contribution is 2.45. The molecule has 5 nitrogen and oxygen atoms in total. The predicted octanol–water partition coefficient (Wildman–Crippen LogP) is 5.23. The first-order chi connectivity index (χ1) is 12.4. The fourth-order valence-corrected chi connectivity index (χ4v) is 4.22. The van der Waals surface area contributed by atoms with Crippen LogP contribution in [0.5, 0.6) is 0 Å². The lowest BCUT2D eigenvalue weighted by molar-refractivity contribution is 0.169. The Labute approximate surface area is 155 Å². The number of hydrogen-bond acceptors (Lipinski definition) is 5. The number of nitrogens with one attached hydrogen (secondary N) is 1. The van der Waals surface area contributed by atoms with E-state index >= 15 is 0 Å². The zero-order valence-corrected chi connectivity index (χ0v) is 15.9. The molecule has 1 aliphatic carbocycles. The minimum Gasteiger partial charge on any atom is -0.325 e. The van der Waals surface area contributed by atoms with Crippen LogP contribution in [0.2, 0.25) is 0 Å². The van der Waals surface area contributed by atoms with Crippen LogP contribution in [0.1, 0.15) is 57.9 Å². The molecular formula is C21H27N5. The Morgan fingerprint density at radius 2 is 1.77 bits per heavy atom. The van der Waals surface area contributed by atoms with Gasteiger partial charge in [0.1, 0.15) is 5.82 Å². The largest absolute Gasteiger partial charge is 0.325 e. The average Bonchev–Trinajstić information content (AvgIpc) is 2.96. The maximum atomic E-state index is 4.66. The summed E-state index contributed by atoms with van der Waals surface area (Å²) < 4.78 is 0. The third-order valence-corrected chi connectivity index (χ3v) is 5.84. The lowest BCUT2D eigenvalue weighted by Crippen LogP contribution is -2.25. The number of aromatic nitrogens is 3. The first-order valence-corrected chi connectivity index (χ1v) is 9.46. The van der Waals surface area contributed by atoms with Gasteiger partial charge in [0, 0.05) is 18.6 Å². The quantitative estimate of drug-likeness (QED) is 0.805. The molecule has 2 aliphatic rings. The van der Waals surface area contributed by atoms with Crippen molar-refractivity contribution in [3.63, 3.8) is 0 Å². The van der Waals surface area contributed by atoms with Crippen LogP contribution in [0.3, 0.4) is 0 Å². The Kier molecular flexibility index (Phi) is 4.17. The fourth-order valence-electron chi connectivity index (χ4n) is 4.22. The van der Waals surface area contributed by atoms with Crippen molar-refractivity contribution in [3.8, 4) is 0 Å². The molecule has 0 aromatic carbocycles. The molecule has 26 heavy (non-hydrogen) atoms. The van der Waals surface area contributed by atoms with Gasteiger partial charge in [0.25, 0.3) is 0 Å². The van der Waals surface area contributed by atoms with Crippen LogP contribution in [0.15, 0.2) is 43.1 Å². The van der Waals surface area contributed by atoms with Gasteiger partial charge in [-0.3, -0.25) is 4.90 Å². The summed E-state index contributed by atoms with van der Waals surface area (Å²) in [6.45, 7) is 11.2. The van der Waals surface area contributed by atoms with Crippen LogP contribution in [-0.4, -0.2) is 15.0 Å². The molecule has 136 valence electrons. The number of rotatable bonds is 2. The van der Waals surface area contributed by atoms with Gasteiger partial charge in [-0.25, -0.2) is 15.0 Å². The van der Waals surface area contributed by atoms with Crippen molar-refractivity contribution in [1.29, 1.82) is 0 Å². The van der Waals surface area contributed by atoms with Gasteiger partial charge < -0.3 is 5.32 Å². The molecule has 0 unspecified atom stereocenters. The molecule has 0 spiro atoms. The number of fused-ring (bicyclic) bond motifs is 1. The van der Waals surface area contributed by atoms with E-state index in [-0.39, 0.29) is 0 Å². The second-order valence-electron chi connectivity index (χ2n) is 8.51. The SMILES string of the molecule is C=C1Nc2ncc([C@H]3CC[C@H](C(C)(C)C)CC3)cc2N1c1ncccn1. The molecule has 0 radical (unpaired) electrons. The normalized spacial score (nSPS) is 22.9. The lowest BCUT2D eigenvalue weighted by Gasteiger charge is -2.37. The Balaban J connectivity index is 1.58. The Hall–Kier alpha value is -2.43. The summed E-state index contributed by atoms with van der Waals surface area (Å²) in [6, 6.07) is 4.06. The van der Waals surface area contributed by atoms with Crippen molar-refractivity contribution in [2.75, 3.05) is 10.2 Å². The summed E-state index contributed by atoms with van der Waals surface area (Å²) in [7, 11) is 0. The standard InChI is InChI=1S/C21H27N5/c1-14-25-19-18(26(14)20-22-10-5-11-23-20)12-16(13-24-19)15-6-8-17(9-7-15)21(2,3)4/h5,10-13,15,17H,1,6-9H2,2-4H3,(H,24,25)/t15-,17-. The maximum Gasteiger partial charge on any atom is 0.235 e. The van der Waals surface area contributed by atoms with Crippen LogP contribution < -0.4 is 10.2 Å². The smallest absolute Gasteiger partial charge is 0.235 e. The molecule has 1 N–H and O–H groups in total. The van der Waals surface area contributed by atoms with Crippen molar-refractivity contribution in [2.24, 2.45) is 11.3 Å². The van der Waals surface area contributed by atoms with Gasteiger partial charge in [-0.1, -0.05) is 27.4 Å². The van der Waals surface area contributed by atoms with Crippen molar-refractivity contribution in [2.45, 2.75) is 52.4 Å². The van der Waals surface area contributed by atoms with E-state index < -0.39 is 0 Å². The lowest BCUT2D eigenvalue weighted by atomic mass is 9.69. The van der Waals surface area contributed by atoms with Crippen LogP contribution in [0.4, 0.5) is 17.5 Å². The molecule has 0 bridgehead atoms. The van der Waals surface area contributed by atoms with Crippen LogP contribution >= 0.6 is 0 Å². The molecule has 0 saturated heterocycles. The molecule has 3 heterocycles. The van der Waals surface area contributed by atoms with E-state index in [2.05, 4.69) is 53.7 Å². The molecule has 2 aromatic rings. The van der Waals surface area contributed by atoms with Gasteiger partial charge in [-0.15, -0.1) is 0 Å². The first-order valence-electron chi connectivity index (χ1n) is 9.46. The summed E-state index contributed by atoms with van der Waals surface area (Å²) in [5.74, 6) is 3.59. The van der Waals surface area contributed by atoms with E-state index in [1.165, 1.54) is 31.2 Å². The molecule has 0 atom stereocenters. The number of pyridine rings is 1. The summed E-state index contributed by atoms with van der Waals surface area (Å²) in [6.07, 6.45) is 10.6. The zero-order valence-electron chi connectivity index (χ0n) is 15.9. The highest BCUT2D eigenvalue weighted by molar-refractivity contribution is 5.82. The molecule has 2 aromatic heterocycles. The molecule has 1 aliphatic heterocycles. The number of anilines is 3. The highest BCUT2D eigenvalue weighted by Gasteiger charge is 2.32. The van der Waals surface area contributed by atoms with Gasteiger partial charge in [0.05, 0.1) is 5.69 Å². The van der Waals surface area contributed by atoms with E-state index in [0.717, 1.165) is 23.2 Å². The van der Waals surface area contributed by atoms with E-state index in [9.17, 15) is 0 Å². The zero-order chi connectivity index (χ0) is 18.3. The minimum absolute atomic E-state index is 0.407. The summed E-state index contributed by atoms with van der Waals surface area (Å²) >= 11 is 0. The van der Waals surface area contributed by atoms with Crippen molar-refractivity contribution < 1.29 is 0 Å². The van der Waals surface area contributed by atoms with E-state index in [1.807, 2.05) is 17.2 Å². The monoisotopic (exact) mass is 349 g/mol. The molecule has 4 rings (SSSR count). The Morgan fingerprint density at radius 3 is 2.42 bits per heavy atom. The topological polar surface area (TPSA) is 53.9 Å². The van der Waals surface area contributed by atoms with Crippen LogP contribution in [0, 0.1) is 11.3 Å². The Bertz CT molecular complexity index is 801. The van der Waals surface area contributed by atoms with Gasteiger partial charge in [0.15, 0.2) is 5.82 Å². The van der Waals surface area contributed by atoms with Gasteiger partial charge in [-0.2, -0.15) is 0 Å². The summed E-state index contributed by atoms with van der Waals surface area (Å²) in [5, 5.41) is 3.24. The second-order valence-corrected chi connectivity index (χ2v) is 8.51. The van der Waals surface area contributed by atoms with E-state index in [1.54, 1.807) is 12.4 Å². The molecule has 1 saturated carbocycles. The van der Waals surface area contributed by atoms with Crippen molar-refractivity contribution >= 4 is 17.5 Å². The van der Waals surface area contributed by atoms with Crippen LogP contribution in [-0.2, 0) is 0 Å². The van der Waals surface area contributed by atoms with Gasteiger partial charge in [-0.05, 0) is 60.6 Å². The minimum atomic E-state index is 0.407. The summed E-state index contributed by atoms with van der Waals surface area (Å²) in [4.78, 5) is 15.4. The van der Waals surface area contributed by atoms with Crippen molar-refractivity contribution in [1.82, 2.24) is 15.0 Å². The highest BCUT2D eigenvalue weighted by atomic mass is 15.4. The van der Waals surface area contributed by atoms with E-state index in [4.69, 9.17) is 0 Å². The van der Waals surface area contributed by atoms with Gasteiger partial charge in [0.2, 0.25) is 5.95 Å². The first kappa shape index (κ1) is 17.0. The Morgan fingerprint density at radius 1 is 1.08 bits per heavy atom. The molecular weight excluding hydrogens is 322 g/mol. The third kappa shape index (κ3) is 3.06. The van der Waals surface area contributed by atoms with E-state index in [0.29, 0.717) is 17.3 Å². The number of nitrogens with zero attached hydrogens (tertiary/aromatic N) is 4. The second kappa shape index (κ2) is 6.38. The third-order valence-electron chi connectivity index (χ3n) is 5.84. The molecule has 1 fully saturated rings. The molecule has 0 amide bonds. The number of hydrogen-bond donors (Lipinski definition) is 1. The predicted molar refractivity (Wildman–Crippen MR) is 105 cm³/mol. The van der Waals surface area contributed by atoms with Crippen molar-refractivity contribution in [3.05, 3.63) is 48.7 Å². The summed E-state index contributed by atoms with van der Waals surface area (Å²) in [5.41, 5.74) is 2.72.